The normalized spacial score (nSPS) is 22.2. The summed E-state index contributed by atoms with van der Waals surface area (Å²) in [5, 5.41) is 13.7. The fourth-order valence-corrected chi connectivity index (χ4v) is 5.00. The van der Waals surface area contributed by atoms with Crippen molar-refractivity contribution < 1.29 is 4.79 Å². The van der Waals surface area contributed by atoms with Gasteiger partial charge in [0.05, 0.1) is 3.79 Å². The lowest BCUT2D eigenvalue weighted by Crippen LogP contribution is -2.50. The Labute approximate surface area is 156 Å². The highest BCUT2D eigenvalue weighted by atomic mass is 79.9. The number of carbonyl (C=O) groups is 1. The Kier molecular flexibility index (Phi) is 4.28. The number of amidine groups is 1. The molecule has 0 fully saturated rings. The van der Waals surface area contributed by atoms with Crippen LogP contribution < -0.4 is 10.6 Å². The molecule has 2 atom stereocenters. The number of thioether (sulfide) groups is 1. The van der Waals surface area contributed by atoms with Crippen LogP contribution in [0.4, 0.5) is 5.69 Å². The number of hydrazone groups is 1. The van der Waals surface area contributed by atoms with Gasteiger partial charge in [-0.1, -0.05) is 36.9 Å². The lowest BCUT2D eigenvalue weighted by Gasteiger charge is -2.43. The molecule has 1 aromatic carbocycles. The number of nitrogens with one attached hydrogen (secondary N) is 2. The second-order valence-electron chi connectivity index (χ2n) is 5.39. The zero-order valence-electron chi connectivity index (χ0n) is 12.8. The molecule has 5 nitrogen and oxygen atoms in total. The first-order valence-corrected chi connectivity index (χ1v) is 10.2. The molecule has 1 amide bonds. The minimum atomic E-state index is -0.422. The number of amides is 1. The van der Waals surface area contributed by atoms with Gasteiger partial charge in [-0.2, -0.15) is 0 Å². The maximum Gasteiger partial charge on any atom is 0.255 e. The van der Waals surface area contributed by atoms with Crippen LogP contribution in [0.3, 0.4) is 0 Å². The van der Waals surface area contributed by atoms with E-state index in [9.17, 15) is 4.79 Å². The van der Waals surface area contributed by atoms with Crippen molar-refractivity contribution in [3.63, 3.8) is 0 Å². The van der Waals surface area contributed by atoms with E-state index in [4.69, 9.17) is 5.10 Å². The predicted octanol–water partition coefficient (Wildman–Crippen LogP) is 4.13. The fraction of sp³-hybridized carbons (Fsp3) is 0.250. The first kappa shape index (κ1) is 16.0. The average molecular weight is 423 g/mol. The number of halogens is 1. The van der Waals surface area contributed by atoms with Crippen LogP contribution in [0, 0.1) is 0 Å². The van der Waals surface area contributed by atoms with Crippen LogP contribution in [0.5, 0.6) is 0 Å². The van der Waals surface area contributed by atoms with Crippen LogP contribution in [-0.2, 0) is 4.79 Å². The third kappa shape index (κ3) is 2.72. The largest absolute Gasteiger partial charge is 0.359 e. The van der Waals surface area contributed by atoms with Crippen molar-refractivity contribution in [2.75, 3.05) is 11.1 Å². The van der Waals surface area contributed by atoms with Crippen LogP contribution in [0.15, 0.2) is 45.3 Å². The molecule has 2 N–H and O–H groups in total. The Balaban J connectivity index is 1.83. The molecule has 2 aliphatic heterocycles. The van der Waals surface area contributed by atoms with E-state index >= 15 is 0 Å². The number of hydrogen-bond donors (Lipinski definition) is 2. The lowest BCUT2D eigenvalue weighted by molar-refractivity contribution is -0.127. The topological polar surface area (TPSA) is 56.7 Å². The van der Waals surface area contributed by atoms with E-state index < -0.39 is 6.04 Å². The number of thiophene rings is 1. The van der Waals surface area contributed by atoms with E-state index in [1.54, 1.807) is 11.3 Å². The van der Waals surface area contributed by atoms with Gasteiger partial charge in [-0.15, -0.1) is 16.4 Å². The van der Waals surface area contributed by atoms with Gasteiger partial charge < -0.3 is 10.6 Å². The van der Waals surface area contributed by atoms with Gasteiger partial charge in [0, 0.05) is 16.1 Å². The van der Waals surface area contributed by atoms with Gasteiger partial charge >= 0.3 is 0 Å². The van der Waals surface area contributed by atoms with Crippen molar-refractivity contribution >= 4 is 55.8 Å². The number of nitrogens with zero attached hydrogens (tertiary/aromatic N) is 2. The Bertz CT molecular complexity index is 822. The smallest absolute Gasteiger partial charge is 0.255 e. The molecule has 4 rings (SSSR count). The number of carbonyl (C=O) groups excluding carboxylic acids is 1. The minimum absolute atomic E-state index is 0.0319. The highest BCUT2D eigenvalue weighted by Gasteiger charge is 2.42. The highest BCUT2D eigenvalue weighted by Crippen LogP contribution is 2.44. The van der Waals surface area contributed by atoms with Crippen molar-refractivity contribution in [3.8, 4) is 0 Å². The molecule has 0 unspecified atom stereocenters. The van der Waals surface area contributed by atoms with Crippen LogP contribution in [-0.4, -0.2) is 21.8 Å². The molecule has 24 heavy (non-hydrogen) atoms. The van der Waals surface area contributed by atoms with E-state index in [2.05, 4.69) is 32.6 Å². The van der Waals surface area contributed by atoms with Gasteiger partial charge in [0.1, 0.15) is 0 Å². The molecular weight excluding hydrogens is 408 g/mol. The summed E-state index contributed by atoms with van der Waals surface area (Å²) in [5.41, 5.74) is 1.93. The first-order valence-electron chi connectivity index (χ1n) is 7.58. The summed E-state index contributed by atoms with van der Waals surface area (Å²) >= 11 is 6.70. The molecule has 0 spiro atoms. The number of rotatable bonds is 2. The van der Waals surface area contributed by atoms with Crippen molar-refractivity contribution in [2.45, 2.75) is 19.1 Å². The average Bonchev–Trinajstić information content (AvgIpc) is 3.00. The number of para-hydroxylation sites is 1. The summed E-state index contributed by atoms with van der Waals surface area (Å²) in [7, 11) is 0. The molecular formula is C16H15BrN4OS2. The summed E-state index contributed by atoms with van der Waals surface area (Å²) in [6, 6.07) is 11.6. The predicted molar refractivity (Wildman–Crippen MR) is 103 cm³/mol. The van der Waals surface area contributed by atoms with Crippen LogP contribution in [0.25, 0.3) is 0 Å². The summed E-state index contributed by atoms with van der Waals surface area (Å²) < 4.78 is 1.06. The highest BCUT2D eigenvalue weighted by molar-refractivity contribution is 9.11. The molecule has 0 saturated heterocycles. The molecule has 0 saturated carbocycles. The third-order valence-electron chi connectivity index (χ3n) is 3.91. The molecule has 2 aliphatic rings. The van der Waals surface area contributed by atoms with Gasteiger partial charge in [0.15, 0.2) is 17.4 Å². The lowest BCUT2D eigenvalue weighted by atomic mass is 9.99. The van der Waals surface area contributed by atoms with Crippen LogP contribution >= 0.6 is 39.0 Å². The van der Waals surface area contributed by atoms with E-state index in [0.29, 0.717) is 5.17 Å². The van der Waals surface area contributed by atoms with E-state index in [1.165, 1.54) is 11.8 Å². The van der Waals surface area contributed by atoms with E-state index in [-0.39, 0.29) is 12.1 Å². The van der Waals surface area contributed by atoms with Crippen molar-refractivity contribution in [2.24, 2.45) is 5.10 Å². The van der Waals surface area contributed by atoms with Gasteiger partial charge in [-0.3, -0.25) is 4.79 Å². The summed E-state index contributed by atoms with van der Waals surface area (Å²) in [5.74, 6) is 0.826. The number of hydrogen-bond acceptors (Lipinski definition) is 6. The SMILES string of the molecule is CCSC1=NN2[C@H](C(=O)N1)c1ccccc1N[C@H]2c1ccc(Br)s1. The van der Waals surface area contributed by atoms with Gasteiger partial charge in [0.25, 0.3) is 5.91 Å². The Hall–Kier alpha value is -1.51. The maximum atomic E-state index is 12.8. The van der Waals surface area contributed by atoms with E-state index in [0.717, 1.165) is 25.7 Å². The molecule has 0 radical (unpaired) electrons. The van der Waals surface area contributed by atoms with Crippen molar-refractivity contribution in [1.29, 1.82) is 0 Å². The third-order valence-corrected chi connectivity index (χ3v) is 6.33. The first-order chi connectivity index (χ1) is 11.7. The van der Waals surface area contributed by atoms with Crippen LogP contribution in [0.2, 0.25) is 0 Å². The second kappa shape index (κ2) is 6.42. The summed E-state index contributed by atoms with van der Waals surface area (Å²) in [4.78, 5) is 13.9. The Morgan fingerprint density at radius 2 is 2.17 bits per heavy atom. The Morgan fingerprint density at radius 3 is 2.92 bits per heavy atom. The fourth-order valence-electron chi connectivity index (χ4n) is 2.93. The standard InChI is InChI=1S/C16H15BrN4OS2/c1-2-23-16-19-15(22)13-9-5-3-4-6-10(9)18-14(21(13)20-16)11-7-8-12(17)24-11/h3-8,13-14,18H,2H2,1H3,(H,19,20,22)/t13-,14+/m0/s1. The molecule has 0 aliphatic carbocycles. The summed E-state index contributed by atoms with van der Waals surface area (Å²) in [6.45, 7) is 2.04. The zero-order chi connectivity index (χ0) is 16.7. The molecule has 1 aromatic heterocycles. The van der Waals surface area contributed by atoms with Gasteiger partial charge in [-0.25, -0.2) is 5.01 Å². The molecule has 3 heterocycles. The molecule has 0 bridgehead atoms. The number of anilines is 1. The number of fused-ring (bicyclic) bond motifs is 3. The van der Waals surface area contributed by atoms with Gasteiger partial charge in [0.2, 0.25) is 0 Å². The summed E-state index contributed by atoms with van der Waals surface area (Å²) in [6.07, 6.45) is -0.167. The second-order valence-corrected chi connectivity index (χ2v) is 9.13. The zero-order valence-corrected chi connectivity index (χ0v) is 16.0. The quantitative estimate of drug-likeness (QED) is 0.763. The van der Waals surface area contributed by atoms with Crippen LogP contribution in [0.1, 0.15) is 29.6 Å². The molecule has 2 aromatic rings. The van der Waals surface area contributed by atoms with Gasteiger partial charge in [-0.05, 0) is 39.9 Å². The van der Waals surface area contributed by atoms with Crippen molar-refractivity contribution in [1.82, 2.24) is 10.3 Å². The molecule has 124 valence electrons. The molecule has 8 heteroatoms. The Morgan fingerprint density at radius 1 is 1.33 bits per heavy atom. The van der Waals surface area contributed by atoms with Crippen molar-refractivity contribution in [3.05, 3.63) is 50.6 Å². The van der Waals surface area contributed by atoms with E-state index in [1.807, 2.05) is 42.3 Å². The minimum Gasteiger partial charge on any atom is -0.359 e. The monoisotopic (exact) mass is 422 g/mol. The maximum absolute atomic E-state index is 12.8. The number of benzene rings is 1.